The standard InChI is InChI=1S/C9H7ClN2O2S/c10-7-2-1-6(15-7)9-5(3-8(13)14)4-11-12-9/h1-2,4H,3H2,(H,11,12)(H,13,14). The Kier molecular flexibility index (Phi) is 2.75. The number of H-pyrrole nitrogens is 1. The smallest absolute Gasteiger partial charge is 0.307 e. The van der Waals surface area contributed by atoms with E-state index in [0.717, 1.165) is 10.6 Å². The van der Waals surface area contributed by atoms with Gasteiger partial charge in [-0.2, -0.15) is 5.10 Å². The minimum atomic E-state index is -0.875. The highest BCUT2D eigenvalue weighted by Crippen LogP contribution is 2.31. The van der Waals surface area contributed by atoms with E-state index in [1.807, 2.05) is 6.07 Å². The molecule has 0 aliphatic carbocycles. The van der Waals surface area contributed by atoms with E-state index < -0.39 is 5.97 Å². The number of nitrogens with one attached hydrogen (secondary N) is 1. The van der Waals surface area contributed by atoms with E-state index in [-0.39, 0.29) is 6.42 Å². The Hall–Kier alpha value is -1.33. The van der Waals surface area contributed by atoms with E-state index in [2.05, 4.69) is 10.2 Å². The molecule has 0 amide bonds. The molecule has 0 aromatic carbocycles. The van der Waals surface area contributed by atoms with E-state index in [1.54, 1.807) is 6.07 Å². The van der Waals surface area contributed by atoms with Crippen LogP contribution in [0.25, 0.3) is 10.6 Å². The summed E-state index contributed by atoms with van der Waals surface area (Å²) in [6, 6.07) is 3.61. The number of thiophene rings is 1. The zero-order chi connectivity index (χ0) is 10.8. The van der Waals surface area contributed by atoms with Crippen molar-refractivity contribution in [2.75, 3.05) is 0 Å². The predicted molar refractivity (Wildman–Crippen MR) is 58.3 cm³/mol. The Morgan fingerprint density at radius 2 is 2.40 bits per heavy atom. The average Bonchev–Trinajstić information content (AvgIpc) is 2.72. The first-order valence-corrected chi connectivity index (χ1v) is 5.36. The Morgan fingerprint density at radius 3 is 3.00 bits per heavy atom. The number of carboxylic acids is 1. The summed E-state index contributed by atoms with van der Waals surface area (Å²) in [6.45, 7) is 0. The van der Waals surface area contributed by atoms with Crippen molar-refractivity contribution >= 4 is 28.9 Å². The van der Waals surface area contributed by atoms with Crippen LogP contribution in [-0.2, 0) is 11.2 Å². The fourth-order valence-electron chi connectivity index (χ4n) is 1.27. The molecule has 2 aromatic rings. The fourth-order valence-corrected chi connectivity index (χ4v) is 2.34. The van der Waals surface area contributed by atoms with Gasteiger partial charge in [-0.3, -0.25) is 9.89 Å². The SMILES string of the molecule is O=C(O)Cc1cn[nH]c1-c1ccc(Cl)s1. The maximum atomic E-state index is 10.6. The van der Waals surface area contributed by atoms with Crippen LogP contribution >= 0.6 is 22.9 Å². The summed E-state index contributed by atoms with van der Waals surface area (Å²) in [5.74, 6) is -0.875. The number of aromatic amines is 1. The molecule has 2 N–H and O–H groups in total. The quantitative estimate of drug-likeness (QED) is 0.869. The molecule has 6 heteroatoms. The first-order valence-electron chi connectivity index (χ1n) is 4.16. The molecule has 4 nitrogen and oxygen atoms in total. The number of aromatic nitrogens is 2. The van der Waals surface area contributed by atoms with Crippen LogP contribution in [0.1, 0.15) is 5.56 Å². The van der Waals surface area contributed by atoms with Crippen molar-refractivity contribution < 1.29 is 9.90 Å². The number of rotatable bonds is 3. The molecule has 0 fully saturated rings. The summed E-state index contributed by atoms with van der Waals surface area (Å²) in [5, 5.41) is 15.3. The molecule has 0 spiro atoms. The minimum absolute atomic E-state index is 0.0403. The molecule has 0 saturated heterocycles. The van der Waals surface area contributed by atoms with Gasteiger partial charge in [0, 0.05) is 5.56 Å². The van der Waals surface area contributed by atoms with E-state index in [4.69, 9.17) is 16.7 Å². The van der Waals surface area contributed by atoms with Crippen LogP contribution in [0.5, 0.6) is 0 Å². The lowest BCUT2D eigenvalue weighted by Gasteiger charge is -1.96. The highest BCUT2D eigenvalue weighted by Gasteiger charge is 2.12. The van der Waals surface area contributed by atoms with Crippen molar-refractivity contribution in [1.82, 2.24) is 10.2 Å². The second-order valence-electron chi connectivity index (χ2n) is 2.94. The van der Waals surface area contributed by atoms with Crippen molar-refractivity contribution in [3.63, 3.8) is 0 Å². The van der Waals surface area contributed by atoms with Gasteiger partial charge in [0.15, 0.2) is 0 Å². The number of nitrogens with zero attached hydrogens (tertiary/aromatic N) is 1. The molecule has 15 heavy (non-hydrogen) atoms. The Labute approximate surface area is 94.5 Å². The van der Waals surface area contributed by atoms with Gasteiger partial charge in [-0.1, -0.05) is 11.6 Å². The van der Waals surface area contributed by atoms with Gasteiger partial charge in [0.05, 0.1) is 27.5 Å². The van der Waals surface area contributed by atoms with E-state index in [1.165, 1.54) is 17.5 Å². The number of halogens is 1. The lowest BCUT2D eigenvalue weighted by atomic mass is 10.1. The number of carboxylic acid groups (broad SMARTS) is 1. The molecule has 0 unspecified atom stereocenters. The average molecular weight is 243 g/mol. The topological polar surface area (TPSA) is 66.0 Å². The van der Waals surface area contributed by atoms with Gasteiger partial charge < -0.3 is 5.11 Å². The second kappa shape index (κ2) is 4.04. The number of carbonyl (C=O) groups is 1. The normalized spacial score (nSPS) is 10.5. The summed E-state index contributed by atoms with van der Waals surface area (Å²) in [6.07, 6.45) is 1.48. The van der Waals surface area contributed by atoms with Crippen LogP contribution in [0.4, 0.5) is 0 Å². The molecule has 0 aliphatic rings. The van der Waals surface area contributed by atoms with Crippen molar-refractivity contribution in [2.45, 2.75) is 6.42 Å². The van der Waals surface area contributed by atoms with Crippen molar-refractivity contribution in [3.05, 3.63) is 28.2 Å². The first-order chi connectivity index (χ1) is 7.16. The van der Waals surface area contributed by atoms with Gasteiger partial charge >= 0.3 is 5.97 Å². The summed E-state index contributed by atoms with van der Waals surface area (Å²) in [7, 11) is 0. The Bertz CT molecular complexity index is 492. The maximum Gasteiger partial charge on any atom is 0.307 e. The molecule has 0 saturated carbocycles. The number of aliphatic carboxylic acids is 1. The van der Waals surface area contributed by atoms with Crippen molar-refractivity contribution in [1.29, 1.82) is 0 Å². The van der Waals surface area contributed by atoms with Crippen LogP contribution in [0, 0.1) is 0 Å². The minimum Gasteiger partial charge on any atom is -0.481 e. The summed E-state index contributed by atoms with van der Waals surface area (Å²) in [5.41, 5.74) is 1.40. The Balaban J connectivity index is 2.36. The third-order valence-corrected chi connectivity index (χ3v) is 3.13. The molecule has 2 rings (SSSR count). The molecule has 0 radical (unpaired) electrons. The number of hydrogen-bond acceptors (Lipinski definition) is 3. The monoisotopic (exact) mass is 242 g/mol. The van der Waals surface area contributed by atoms with Gasteiger partial charge in [-0.25, -0.2) is 0 Å². The van der Waals surface area contributed by atoms with E-state index in [9.17, 15) is 4.79 Å². The summed E-state index contributed by atoms with van der Waals surface area (Å²) >= 11 is 7.19. The van der Waals surface area contributed by atoms with E-state index >= 15 is 0 Å². The molecule has 78 valence electrons. The highest BCUT2D eigenvalue weighted by atomic mass is 35.5. The zero-order valence-corrected chi connectivity index (χ0v) is 9.10. The van der Waals surface area contributed by atoms with Crippen LogP contribution in [0.3, 0.4) is 0 Å². The summed E-state index contributed by atoms with van der Waals surface area (Å²) < 4.78 is 0.667. The maximum absolute atomic E-state index is 10.6. The van der Waals surface area contributed by atoms with Crippen LogP contribution in [0.2, 0.25) is 4.34 Å². The highest BCUT2D eigenvalue weighted by molar-refractivity contribution is 7.19. The molecular weight excluding hydrogens is 236 g/mol. The van der Waals surface area contributed by atoms with Crippen molar-refractivity contribution in [2.24, 2.45) is 0 Å². The van der Waals surface area contributed by atoms with Crippen LogP contribution < -0.4 is 0 Å². The molecule has 2 heterocycles. The van der Waals surface area contributed by atoms with Crippen molar-refractivity contribution in [3.8, 4) is 10.6 Å². The predicted octanol–water partition coefficient (Wildman–Crippen LogP) is 2.42. The fraction of sp³-hybridized carbons (Fsp3) is 0.111. The molecule has 0 bridgehead atoms. The second-order valence-corrected chi connectivity index (χ2v) is 4.66. The summed E-state index contributed by atoms with van der Waals surface area (Å²) in [4.78, 5) is 11.5. The first kappa shape index (κ1) is 10.2. The van der Waals surface area contributed by atoms with Gasteiger partial charge in [0.1, 0.15) is 0 Å². The molecule has 0 atom stereocenters. The lowest BCUT2D eigenvalue weighted by Crippen LogP contribution is -1.99. The lowest BCUT2D eigenvalue weighted by molar-refractivity contribution is -0.136. The molecular formula is C9H7ClN2O2S. The van der Waals surface area contributed by atoms with Crippen LogP contribution in [0.15, 0.2) is 18.3 Å². The van der Waals surface area contributed by atoms with Gasteiger partial charge in [0.25, 0.3) is 0 Å². The Morgan fingerprint density at radius 1 is 1.60 bits per heavy atom. The third-order valence-electron chi connectivity index (χ3n) is 1.88. The molecule has 2 aromatic heterocycles. The van der Waals surface area contributed by atoms with Gasteiger partial charge in [-0.05, 0) is 12.1 Å². The zero-order valence-electron chi connectivity index (χ0n) is 7.53. The number of hydrogen-bond donors (Lipinski definition) is 2. The van der Waals surface area contributed by atoms with Gasteiger partial charge in [0.2, 0.25) is 0 Å². The van der Waals surface area contributed by atoms with Gasteiger partial charge in [-0.15, -0.1) is 11.3 Å². The van der Waals surface area contributed by atoms with E-state index in [0.29, 0.717) is 9.90 Å². The molecule has 0 aliphatic heterocycles. The largest absolute Gasteiger partial charge is 0.481 e. The van der Waals surface area contributed by atoms with Crippen LogP contribution in [-0.4, -0.2) is 21.3 Å². The third kappa shape index (κ3) is 2.19.